The molecule has 15 aromatic rings. The van der Waals surface area contributed by atoms with Gasteiger partial charge in [0.25, 0.3) is 0 Å². The summed E-state index contributed by atoms with van der Waals surface area (Å²) in [5.41, 5.74) is 18.6. The van der Waals surface area contributed by atoms with Gasteiger partial charge < -0.3 is 0 Å². The zero-order valence-electron chi connectivity index (χ0n) is 48.4. The van der Waals surface area contributed by atoms with E-state index in [0.29, 0.717) is 46.1 Å². The quantitative estimate of drug-likeness (QED) is 0.118. The molecule has 0 bridgehead atoms. The Morgan fingerprint density at radius 2 is 0.578 bits per heavy atom. The molecule has 0 radical (unpaired) electrons. The highest BCUT2D eigenvalue weighted by atomic mass is 15.0. The minimum absolute atomic E-state index is 0.539. The number of nitriles is 2. The van der Waals surface area contributed by atoms with Crippen molar-refractivity contribution in [3.05, 3.63) is 314 Å². The third-order valence-corrected chi connectivity index (χ3v) is 16.5. The van der Waals surface area contributed by atoms with E-state index in [1.165, 1.54) is 0 Å². The van der Waals surface area contributed by atoms with Crippen LogP contribution in [0.4, 0.5) is 0 Å². The number of benzene rings is 13. The van der Waals surface area contributed by atoms with Crippen molar-refractivity contribution >= 4 is 21.5 Å². The zero-order chi connectivity index (χ0) is 60.3. The van der Waals surface area contributed by atoms with Crippen LogP contribution in [0.5, 0.6) is 0 Å². The summed E-state index contributed by atoms with van der Waals surface area (Å²) in [6.45, 7) is 0. The van der Waals surface area contributed by atoms with Crippen molar-refractivity contribution in [2.75, 3.05) is 0 Å². The van der Waals surface area contributed by atoms with Crippen molar-refractivity contribution in [3.63, 3.8) is 0 Å². The first-order valence-corrected chi connectivity index (χ1v) is 29.7. The highest BCUT2D eigenvalue weighted by molar-refractivity contribution is 6.13. The molecule has 0 atom stereocenters. The molecule has 8 nitrogen and oxygen atoms in total. The lowest BCUT2D eigenvalue weighted by molar-refractivity contribution is 1.07. The van der Waals surface area contributed by atoms with Crippen LogP contribution in [-0.2, 0) is 0 Å². The summed E-state index contributed by atoms with van der Waals surface area (Å²) in [5, 5.41) is 24.2. The Kier molecular flexibility index (Phi) is 14.2. The fourth-order valence-electron chi connectivity index (χ4n) is 12.1. The molecule has 2 heterocycles. The molecule has 0 fully saturated rings. The maximum atomic E-state index is 10.1. The average molecular weight is 1150 g/mol. The van der Waals surface area contributed by atoms with Gasteiger partial charge in [0.15, 0.2) is 34.9 Å². The summed E-state index contributed by atoms with van der Waals surface area (Å²) in [7, 11) is 0. The van der Waals surface area contributed by atoms with Gasteiger partial charge in [-0.2, -0.15) is 10.5 Å². The highest BCUT2D eigenvalue weighted by Crippen LogP contribution is 2.45. The molecule has 8 heteroatoms. The van der Waals surface area contributed by atoms with Crippen LogP contribution in [0.15, 0.2) is 303 Å². The van der Waals surface area contributed by atoms with Crippen molar-refractivity contribution in [2.45, 2.75) is 0 Å². The van der Waals surface area contributed by atoms with Crippen LogP contribution >= 0.6 is 0 Å². The maximum absolute atomic E-state index is 10.1. The molecule has 0 aliphatic rings. The third kappa shape index (κ3) is 10.4. The molecular formula is C82H50N8. The second-order valence-corrected chi connectivity index (χ2v) is 21.9. The average Bonchev–Trinajstić information content (AvgIpc) is 1.01. The first-order valence-electron chi connectivity index (χ1n) is 29.7. The molecule has 0 saturated carbocycles. The predicted octanol–water partition coefficient (Wildman–Crippen LogP) is 20.1. The predicted molar refractivity (Wildman–Crippen MR) is 363 cm³/mol. The summed E-state index contributed by atoms with van der Waals surface area (Å²) in [5.74, 6) is 3.42. The van der Waals surface area contributed by atoms with Crippen LogP contribution < -0.4 is 0 Å². The topological polar surface area (TPSA) is 125 Å². The molecule has 0 saturated heterocycles. The van der Waals surface area contributed by atoms with Gasteiger partial charge in [-0.1, -0.05) is 285 Å². The Hall–Kier alpha value is -12.6. The molecule has 15 rings (SSSR count). The van der Waals surface area contributed by atoms with E-state index in [2.05, 4.69) is 170 Å². The lowest BCUT2D eigenvalue weighted by Crippen LogP contribution is -2.01. The Morgan fingerprint density at radius 3 is 1.10 bits per heavy atom. The third-order valence-electron chi connectivity index (χ3n) is 16.5. The Morgan fingerprint density at radius 1 is 0.211 bits per heavy atom. The van der Waals surface area contributed by atoms with E-state index in [1.54, 1.807) is 0 Å². The van der Waals surface area contributed by atoms with E-state index in [-0.39, 0.29) is 0 Å². The summed E-state index contributed by atoms with van der Waals surface area (Å²) in [4.78, 5) is 30.9. The number of rotatable bonds is 12. The first kappa shape index (κ1) is 54.1. The van der Waals surface area contributed by atoms with E-state index >= 15 is 0 Å². The first-order chi connectivity index (χ1) is 44.5. The molecule has 13 aromatic carbocycles. The van der Waals surface area contributed by atoms with Crippen molar-refractivity contribution < 1.29 is 0 Å². The van der Waals surface area contributed by atoms with Gasteiger partial charge in [-0.3, -0.25) is 0 Å². The van der Waals surface area contributed by atoms with Gasteiger partial charge in [-0.25, -0.2) is 29.9 Å². The van der Waals surface area contributed by atoms with Gasteiger partial charge >= 0.3 is 0 Å². The van der Waals surface area contributed by atoms with E-state index in [1.807, 2.05) is 146 Å². The molecule has 0 amide bonds. The maximum Gasteiger partial charge on any atom is 0.164 e. The van der Waals surface area contributed by atoms with Gasteiger partial charge in [-0.05, 0) is 101 Å². The van der Waals surface area contributed by atoms with Gasteiger partial charge in [0.1, 0.15) is 0 Å². The van der Waals surface area contributed by atoms with Gasteiger partial charge in [0, 0.05) is 38.9 Å². The number of hydrogen-bond acceptors (Lipinski definition) is 8. The van der Waals surface area contributed by atoms with Crippen LogP contribution in [0.25, 0.3) is 157 Å². The lowest BCUT2D eigenvalue weighted by Gasteiger charge is -2.18. The van der Waals surface area contributed by atoms with E-state index in [4.69, 9.17) is 29.9 Å². The number of fused-ring (bicyclic) bond motifs is 2. The SMILES string of the molecule is N#Cc1cccc(-c2ccc(-c3ccc(-c4ccccc4-c4nc(-c5ccccc5)nc(-c5ccc(-c6cccc7cccc(-c8ccccc8C#N)c67)cc5)n4)c4cccc(-c5ccc(-c6nc(-c7ccccc7)nc(-c7ccccc7)n6)cc5)c34)cc2)c1. The molecular weight excluding hydrogens is 1100 g/mol. The summed E-state index contributed by atoms with van der Waals surface area (Å²) in [6.07, 6.45) is 0. The van der Waals surface area contributed by atoms with Gasteiger partial charge in [0.05, 0.1) is 23.3 Å². The van der Waals surface area contributed by atoms with Gasteiger partial charge in [-0.15, -0.1) is 0 Å². The summed E-state index contributed by atoms with van der Waals surface area (Å²) < 4.78 is 0. The van der Waals surface area contributed by atoms with Crippen LogP contribution in [0.2, 0.25) is 0 Å². The van der Waals surface area contributed by atoms with E-state index in [9.17, 15) is 10.5 Å². The molecule has 418 valence electrons. The van der Waals surface area contributed by atoms with Gasteiger partial charge in [0.2, 0.25) is 0 Å². The number of hydrogen-bond donors (Lipinski definition) is 0. The van der Waals surface area contributed by atoms with Crippen molar-refractivity contribution in [2.24, 2.45) is 0 Å². The lowest BCUT2D eigenvalue weighted by atomic mass is 9.86. The zero-order valence-corrected chi connectivity index (χ0v) is 48.4. The van der Waals surface area contributed by atoms with Crippen LogP contribution in [0.3, 0.4) is 0 Å². The molecule has 0 aliphatic carbocycles. The van der Waals surface area contributed by atoms with Crippen molar-refractivity contribution in [1.29, 1.82) is 10.5 Å². The van der Waals surface area contributed by atoms with Crippen LogP contribution in [0.1, 0.15) is 11.1 Å². The van der Waals surface area contributed by atoms with E-state index < -0.39 is 0 Å². The smallest absolute Gasteiger partial charge is 0.164 e. The van der Waals surface area contributed by atoms with E-state index in [0.717, 1.165) is 122 Å². The fourth-order valence-corrected chi connectivity index (χ4v) is 12.1. The molecule has 0 unspecified atom stereocenters. The van der Waals surface area contributed by atoms with Crippen LogP contribution in [-0.4, -0.2) is 29.9 Å². The molecule has 0 N–H and O–H groups in total. The second kappa shape index (κ2) is 23.7. The Balaban J connectivity index is 0.860. The van der Waals surface area contributed by atoms with Crippen molar-refractivity contribution in [3.8, 4) is 147 Å². The molecule has 2 aromatic heterocycles. The Bertz CT molecular complexity index is 5230. The number of aromatic nitrogens is 6. The molecule has 0 spiro atoms. The Labute approximate surface area is 520 Å². The second-order valence-electron chi connectivity index (χ2n) is 21.9. The fraction of sp³-hybridized carbons (Fsp3) is 0. The monoisotopic (exact) mass is 1150 g/mol. The minimum atomic E-state index is 0.539. The molecule has 0 aliphatic heterocycles. The van der Waals surface area contributed by atoms with Crippen LogP contribution in [0, 0.1) is 22.7 Å². The number of nitrogens with zero attached hydrogens (tertiary/aromatic N) is 8. The summed E-state index contributed by atoms with van der Waals surface area (Å²) in [6, 6.07) is 108. The van der Waals surface area contributed by atoms with Crippen molar-refractivity contribution in [1.82, 2.24) is 29.9 Å². The largest absolute Gasteiger partial charge is 0.208 e. The summed E-state index contributed by atoms with van der Waals surface area (Å²) >= 11 is 0. The standard InChI is InChI=1S/C82H50N8/c83-51-53-18-14-28-64(50-53)54-36-38-57(39-37-54)69-48-49-71(73-35-17-33-68(76(69)73)56-42-46-62(47-43-56)80-86-77(59-19-4-1-5-20-59)85-78(87-80)60-21-6-2-7-22-60)70-30-12-13-31-74(70)82-89-79(61-23-8-3-9-24-61)88-81(90-82)63-44-40-55(41-45-63)67-32-15-26-58-27-16-34-72(75(58)67)66-29-11-10-25-65(66)52-84/h1-50H. The molecule has 90 heavy (non-hydrogen) atoms. The normalized spacial score (nSPS) is 11.1. The minimum Gasteiger partial charge on any atom is -0.208 e. The highest BCUT2D eigenvalue weighted by Gasteiger charge is 2.22.